The molecule has 3 N–H and O–H groups in total. The summed E-state index contributed by atoms with van der Waals surface area (Å²) in [6.07, 6.45) is 2.39. The molecule has 0 aromatic heterocycles. The highest BCUT2D eigenvalue weighted by molar-refractivity contribution is 5.82. The predicted octanol–water partition coefficient (Wildman–Crippen LogP) is 0.992. The van der Waals surface area contributed by atoms with Gasteiger partial charge in [-0.05, 0) is 31.2 Å². The molecule has 5 heteroatoms. The third-order valence-electron chi connectivity index (χ3n) is 3.11. The number of aliphatic carboxylic acids is 1. The largest absolute Gasteiger partial charge is 0.481 e. The fourth-order valence-corrected chi connectivity index (χ4v) is 2.24. The molecule has 18 heavy (non-hydrogen) atoms. The van der Waals surface area contributed by atoms with Gasteiger partial charge in [-0.2, -0.15) is 0 Å². The van der Waals surface area contributed by atoms with Crippen LogP contribution in [-0.4, -0.2) is 36.1 Å². The Labute approximate surface area is 108 Å². The molecule has 0 aliphatic carbocycles. The fraction of sp³-hybridized carbons (Fsp3) is 0.846. The van der Waals surface area contributed by atoms with Gasteiger partial charge in [-0.25, -0.2) is 0 Å². The maximum Gasteiger partial charge on any atom is 0.308 e. The summed E-state index contributed by atoms with van der Waals surface area (Å²) >= 11 is 0. The monoisotopic (exact) mass is 256 g/mol. The summed E-state index contributed by atoms with van der Waals surface area (Å²) in [6.45, 7) is 7.09. The smallest absolute Gasteiger partial charge is 0.308 e. The third kappa shape index (κ3) is 5.04. The van der Waals surface area contributed by atoms with E-state index in [0.29, 0.717) is 6.42 Å². The summed E-state index contributed by atoms with van der Waals surface area (Å²) in [7, 11) is 0. The van der Waals surface area contributed by atoms with E-state index in [1.165, 1.54) is 0 Å². The maximum atomic E-state index is 11.8. The van der Waals surface area contributed by atoms with Crippen molar-refractivity contribution in [2.75, 3.05) is 13.1 Å². The van der Waals surface area contributed by atoms with Crippen LogP contribution in [-0.2, 0) is 9.59 Å². The van der Waals surface area contributed by atoms with Gasteiger partial charge in [0.1, 0.15) is 0 Å². The molecule has 1 rings (SSSR count). The molecule has 1 aliphatic rings. The van der Waals surface area contributed by atoms with Crippen molar-refractivity contribution in [3.8, 4) is 0 Å². The zero-order chi connectivity index (χ0) is 13.8. The van der Waals surface area contributed by atoms with Crippen molar-refractivity contribution in [2.45, 2.75) is 46.1 Å². The van der Waals surface area contributed by atoms with Crippen LogP contribution in [0.3, 0.4) is 0 Å². The normalized spacial score (nSPS) is 21.6. The van der Waals surface area contributed by atoms with Gasteiger partial charge in [0, 0.05) is 6.54 Å². The molecule has 1 heterocycles. The molecule has 1 aliphatic heterocycles. The van der Waals surface area contributed by atoms with Crippen LogP contribution < -0.4 is 10.6 Å². The zero-order valence-corrected chi connectivity index (χ0v) is 11.5. The van der Waals surface area contributed by atoms with Crippen molar-refractivity contribution in [2.24, 2.45) is 11.3 Å². The van der Waals surface area contributed by atoms with Crippen LogP contribution in [0.4, 0.5) is 0 Å². The Morgan fingerprint density at radius 1 is 1.44 bits per heavy atom. The zero-order valence-electron chi connectivity index (χ0n) is 11.5. The number of nitrogens with one attached hydrogen (secondary N) is 2. The molecule has 1 fully saturated rings. The molecule has 0 aromatic rings. The van der Waals surface area contributed by atoms with E-state index < -0.39 is 11.9 Å². The van der Waals surface area contributed by atoms with Crippen molar-refractivity contribution >= 4 is 11.9 Å². The van der Waals surface area contributed by atoms with Crippen molar-refractivity contribution in [3.63, 3.8) is 0 Å². The number of carbonyl (C=O) groups is 2. The van der Waals surface area contributed by atoms with E-state index in [1.54, 1.807) is 0 Å². The van der Waals surface area contributed by atoms with Crippen LogP contribution in [0.5, 0.6) is 0 Å². The van der Waals surface area contributed by atoms with Crippen LogP contribution in [0.25, 0.3) is 0 Å². The third-order valence-corrected chi connectivity index (χ3v) is 3.11. The Bertz CT molecular complexity index is 304. The molecule has 1 amide bonds. The van der Waals surface area contributed by atoms with Crippen molar-refractivity contribution in [3.05, 3.63) is 0 Å². The number of rotatable bonds is 5. The summed E-state index contributed by atoms with van der Waals surface area (Å²) in [4.78, 5) is 22.9. The molecule has 1 unspecified atom stereocenters. The molecule has 0 spiro atoms. The van der Waals surface area contributed by atoms with Gasteiger partial charge in [-0.15, -0.1) is 0 Å². The standard InChI is InChI=1S/C13H24N2O3/c1-13(2,3)7-9(12(17)18)8-15-11(16)10-5-4-6-14-10/h9-10,14H,4-8H2,1-3H3,(H,15,16)(H,17,18)/t9?,10-/m1/s1. The van der Waals surface area contributed by atoms with Crippen LogP contribution in [0.15, 0.2) is 0 Å². The van der Waals surface area contributed by atoms with E-state index in [1.807, 2.05) is 20.8 Å². The van der Waals surface area contributed by atoms with E-state index in [0.717, 1.165) is 19.4 Å². The molecular weight excluding hydrogens is 232 g/mol. The number of amides is 1. The Morgan fingerprint density at radius 3 is 2.56 bits per heavy atom. The van der Waals surface area contributed by atoms with Crippen LogP contribution in [0.2, 0.25) is 0 Å². The first-order chi connectivity index (χ1) is 8.29. The van der Waals surface area contributed by atoms with Crippen molar-refractivity contribution < 1.29 is 14.7 Å². The minimum Gasteiger partial charge on any atom is -0.481 e. The number of hydrogen-bond acceptors (Lipinski definition) is 3. The van der Waals surface area contributed by atoms with Crippen LogP contribution >= 0.6 is 0 Å². The molecule has 0 aromatic carbocycles. The average Bonchev–Trinajstić information content (AvgIpc) is 2.75. The highest BCUT2D eigenvalue weighted by Gasteiger charge is 2.27. The van der Waals surface area contributed by atoms with E-state index in [-0.39, 0.29) is 23.9 Å². The van der Waals surface area contributed by atoms with Gasteiger partial charge in [0.2, 0.25) is 5.91 Å². The summed E-state index contributed by atoms with van der Waals surface area (Å²) in [6, 6.07) is -0.144. The van der Waals surface area contributed by atoms with E-state index in [4.69, 9.17) is 5.11 Å². The quantitative estimate of drug-likeness (QED) is 0.685. The molecule has 0 saturated carbocycles. The molecule has 1 saturated heterocycles. The second-order valence-corrected chi connectivity index (χ2v) is 6.19. The van der Waals surface area contributed by atoms with Gasteiger partial charge in [0.15, 0.2) is 0 Å². The molecular formula is C13H24N2O3. The SMILES string of the molecule is CC(C)(C)CC(CNC(=O)[C@H]1CCCN1)C(=O)O. The lowest BCUT2D eigenvalue weighted by molar-refractivity contribution is -0.142. The molecule has 104 valence electrons. The summed E-state index contributed by atoms with van der Waals surface area (Å²) in [5.41, 5.74) is -0.0562. The van der Waals surface area contributed by atoms with Crippen molar-refractivity contribution in [1.29, 1.82) is 0 Å². The van der Waals surface area contributed by atoms with E-state index in [9.17, 15) is 9.59 Å². The van der Waals surface area contributed by atoms with Gasteiger partial charge in [0.25, 0.3) is 0 Å². The number of carboxylic acids is 1. The Kier molecular flexibility index (Phi) is 5.14. The highest BCUT2D eigenvalue weighted by Crippen LogP contribution is 2.24. The lowest BCUT2D eigenvalue weighted by Gasteiger charge is -2.24. The first kappa shape index (κ1) is 15.0. The van der Waals surface area contributed by atoms with Gasteiger partial charge in [0.05, 0.1) is 12.0 Å². The first-order valence-corrected chi connectivity index (χ1v) is 6.53. The minimum atomic E-state index is -0.843. The molecule has 2 atom stereocenters. The Hall–Kier alpha value is -1.10. The van der Waals surface area contributed by atoms with E-state index >= 15 is 0 Å². The lowest BCUT2D eigenvalue weighted by Crippen LogP contribution is -2.43. The van der Waals surface area contributed by atoms with Gasteiger partial charge in [-0.3, -0.25) is 9.59 Å². The Morgan fingerprint density at radius 2 is 2.11 bits per heavy atom. The van der Waals surface area contributed by atoms with Crippen molar-refractivity contribution in [1.82, 2.24) is 10.6 Å². The lowest BCUT2D eigenvalue weighted by atomic mass is 9.84. The Balaban J connectivity index is 2.42. The number of hydrogen-bond donors (Lipinski definition) is 3. The first-order valence-electron chi connectivity index (χ1n) is 6.53. The fourth-order valence-electron chi connectivity index (χ4n) is 2.24. The molecule has 0 bridgehead atoms. The van der Waals surface area contributed by atoms with Crippen LogP contribution in [0.1, 0.15) is 40.0 Å². The summed E-state index contributed by atoms with van der Waals surface area (Å²) in [5, 5.41) is 15.0. The van der Waals surface area contributed by atoms with Gasteiger partial charge < -0.3 is 15.7 Å². The second kappa shape index (κ2) is 6.18. The minimum absolute atomic E-state index is 0.0562. The molecule has 5 nitrogen and oxygen atoms in total. The van der Waals surface area contributed by atoms with Gasteiger partial charge >= 0.3 is 5.97 Å². The van der Waals surface area contributed by atoms with Crippen LogP contribution in [0, 0.1) is 11.3 Å². The summed E-state index contributed by atoms with van der Waals surface area (Å²) < 4.78 is 0. The maximum absolute atomic E-state index is 11.8. The predicted molar refractivity (Wildman–Crippen MR) is 69.2 cm³/mol. The second-order valence-electron chi connectivity index (χ2n) is 6.19. The average molecular weight is 256 g/mol. The number of carbonyl (C=O) groups excluding carboxylic acids is 1. The topological polar surface area (TPSA) is 78.4 Å². The molecule has 0 radical (unpaired) electrons. The summed E-state index contributed by atoms with van der Waals surface area (Å²) in [5.74, 6) is -1.44. The number of carboxylic acid groups (broad SMARTS) is 1. The van der Waals surface area contributed by atoms with E-state index in [2.05, 4.69) is 10.6 Å². The highest BCUT2D eigenvalue weighted by atomic mass is 16.4. The van der Waals surface area contributed by atoms with Gasteiger partial charge in [-0.1, -0.05) is 20.8 Å².